The zero-order valence-electron chi connectivity index (χ0n) is 19.1. The van der Waals surface area contributed by atoms with E-state index in [0.29, 0.717) is 41.2 Å². The number of imidazole rings is 1. The number of alkyl halides is 3. The molecule has 0 atom stereocenters. The van der Waals surface area contributed by atoms with Gasteiger partial charge in [-0.3, -0.25) is 4.57 Å². The van der Waals surface area contributed by atoms with Crippen LogP contribution in [0, 0.1) is 5.92 Å². The summed E-state index contributed by atoms with van der Waals surface area (Å²) < 4.78 is 41.6. The molecule has 7 nitrogen and oxygen atoms in total. The van der Waals surface area contributed by atoms with Gasteiger partial charge in [-0.15, -0.1) is 0 Å². The van der Waals surface area contributed by atoms with Crippen molar-refractivity contribution >= 4 is 28.7 Å². The van der Waals surface area contributed by atoms with Gasteiger partial charge >= 0.3 is 6.18 Å². The molecule has 0 saturated heterocycles. The quantitative estimate of drug-likeness (QED) is 0.465. The zero-order valence-corrected chi connectivity index (χ0v) is 19.1. The summed E-state index contributed by atoms with van der Waals surface area (Å²) in [6.07, 6.45) is 1.00. The monoisotopic (exact) mass is 461 g/mol. The van der Waals surface area contributed by atoms with Gasteiger partial charge in [0.2, 0.25) is 11.9 Å². The number of benzene rings is 1. The van der Waals surface area contributed by atoms with Crippen LogP contribution in [0.25, 0.3) is 11.2 Å². The third-order valence-electron chi connectivity index (χ3n) is 5.88. The van der Waals surface area contributed by atoms with Crippen molar-refractivity contribution in [2.24, 2.45) is 11.7 Å². The summed E-state index contributed by atoms with van der Waals surface area (Å²) in [5.74, 6) is 1.43. The largest absolute Gasteiger partial charge is 0.416 e. The first kappa shape index (κ1) is 23.3. The SMILES string of the molecule is CC(C)(C)Nc1ncc2nc(Nc3cccc(C(F)(F)F)c3)n([C@H]3CC[C@@H](CN)CC3)c2n1. The Morgan fingerprint density at radius 1 is 1.09 bits per heavy atom. The number of nitrogens with two attached hydrogens (primary N) is 1. The topological polar surface area (TPSA) is 93.7 Å². The van der Waals surface area contributed by atoms with E-state index >= 15 is 0 Å². The highest BCUT2D eigenvalue weighted by atomic mass is 19.4. The van der Waals surface area contributed by atoms with Crippen LogP contribution in [0.4, 0.5) is 30.8 Å². The lowest BCUT2D eigenvalue weighted by Gasteiger charge is -2.30. The molecule has 2 aromatic heterocycles. The summed E-state index contributed by atoms with van der Waals surface area (Å²) >= 11 is 0. The van der Waals surface area contributed by atoms with Crippen LogP contribution in [-0.4, -0.2) is 31.6 Å². The second-order valence-corrected chi connectivity index (χ2v) is 9.70. The Morgan fingerprint density at radius 3 is 2.45 bits per heavy atom. The maximum absolute atomic E-state index is 13.2. The maximum Gasteiger partial charge on any atom is 0.416 e. The molecule has 1 saturated carbocycles. The lowest BCUT2D eigenvalue weighted by Crippen LogP contribution is -2.27. The number of hydrogen-bond acceptors (Lipinski definition) is 6. The van der Waals surface area contributed by atoms with Gasteiger partial charge in [0.25, 0.3) is 0 Å². The van der Waals surface area contributed by atoms with Crippen LogP contribution in [0.1, 0.15) is 58.1 Å². The Morgan fingerprint density at radius 2 is 1.82 bits per heavy atom. The van der Waals surface area contributed by atoms with Crippen LogP contribution in [0.15, 0.2) is 30.5 Å². The van der Waals surface area contributed by atoms with E-state index in [4.69, 9.17) is 10.7 Å². The van der Waals surface area contributed by atoms with Crippen molar-refractivity contribution in [3.05, 3.63) is 36.0 Å². The molecule has 3 aromatic rings. The number of nitrogens with one attached hydrogen (secondary N) is 2. The van der Waals surface area contributed by atoms with E-state index in [1.807, 2.05) is 25.3 Å². The number of fused-ring (bicyclic) bond motifs is 1. The van der Waals surface area contributed by atoms with Crippen molar-refractivity contribution in [1.82, 2.24) is 19.5 Å². The van der Waals surface area contributed by atoms with Gasteiger partial charge in [0.1, 0.15) is 5.52 Å². The fourth-order valence-electron chi connectivity index (χ4n) is 4.26. The summed E-state index contributed by atoms with van der Waals surface area (Å²) in [6.45, 7) is 6.72. The molecule has 1 aromatic carbocycles. The molecule has 0 amide bonds. The number of halogens is 3. The van der Waals surface area contributed by atoms with Crippen molar-refractivity contribution in [2.45, 2.75) is 64.2 Å². The number of rotatable bonds is 5. The van der Waals surface area contributed by atoms with Gasteiger partial charge in [-0.1, -0.05) is 6.07 Å². The molecule has 4 rings (SSSR count). The van der Waals surface area contributed by atoms with Gasteiger partial charge < -0.3 is 16.4 Å². The summed E-state index contributed by atoms with van der Waals surface area (Å²) in [5.41, 5.74) is 6.49. The van der Waals surface area contributed by atoms with E-state index in [-0.39, 0.29) is 11.6 Å². The maximum atomic E-state index is 13.2. The molecule has 0 unspecified atom stereocenters. The summed E-state index contributed by atoms with van der Waals surface area (Å²) in [6, 6.07) is 5.24. The summed E-state index contributed by atoms with van der Waals surface area (Å²) in [7, 11) is 0. The normalized spacial score (nSPS) is 19.6. The Bertz CT molecular complexity index is 1110. The first-order chi connectivity index (χ1) is 15.5. The molecule has 1 fully saturated rings. The van der Waals surface area contributed by atoms with E-state index in [1.165, 1.54) is 6.07 Å². The number of nitrogens with zero attached hydrogens (tertiary/aromatic N) is 4. The molecule has 178 valence electrons. The molecule has 33 heavy (non-hydrogen) atoms. The van der Waals surface area contributed by atoms with Crippen LogP contribution >= 0.6 is 0 Å². The van der Waals surface area contributed by atoms with E-state index in [2.05, 4.69) is 20.6 Å². The molecular formula is C23H30F3N7. The van der Waals surface area contributed by atoms with Crippen molar-refractivity contribution in [2.75, 3.05) is 17.2 Å². The molecule has 1 aliphatic rings. The van der Waals surface area contributed by atoms with E-state index < -0.39 is 11.7 Å². The molecule has 2 heterocycles. The highest BCUT2D eigenvalue weighted by Gasteiger charge is 2.31. The fourth-order valence-corrected chi connectivity index (χ4v) is 4.26. The van der Waals surface area contributed by atoms with Gasteiger partial charge in [0.15, 0.2) is 5.65 Å². The number of anilines is 3. The van der Waals surface area contributed by atoms with Crippen LogP contribution in [0.2, 0.25) is 0 Å². The molecule has 10 heteroatoms. The lowest BCUT2D eigenvalue weighted by molar-refractivity contribution is -0.137. The minimum absolute atomic E-state index is 0.114. The predicted molar refractivity (Wildman–Crippen MR) is 123 cm³/mol. The van der Waals surface area contributed by atoms with Crippen molar-refractivity contribution in [3.63, 3.8) is 0 Å². The third-order valence-corrected chi connectivity index (χ3v) is 5.88. The Balaban J connectivity index is 1.75. The van der Waals surface area contributed by atoms with Gasteiger partial charge in [0.05, 0.1) is 11.8 Å². The standard InChI is InChI=1S/C23H30F3N7/c1-22(2,3)32-20-28-13-18-19(31-20)33(17-9-7-14(12-27)8-10-17)21(30-18)29-16-6-4-5-15(11-16)23(24,25)26/h4-6,11,13-14,17H,7-10,12,27H2,1-3H3,(H,29,30)(H,28,31,32)/t14-,17+. The van der Waals surface area contributed by atoms with Crippen molar-refractivity contribution < 1.29 is 13.2 Å². The minimum Gasteiger partial charge on any atom is -0.350 e. The van der Waals surface area contributed by atoms with Crippen molar-refractivity contribution in [1.29, 1.82) is 0 Å². The molecular weight excluding hydrogens is 431 g/mol. The van der Waals surface area contributed by atoms with Crippen molar-refractivity contribution in [3.8, 4) is 0 Å². The minimum atomic E-state index is -4.42. The average molecular weight is 462 g/mol. The van der Waals surface area contributed by atoms with Gasteiger partial charge in [-0.05, 0) is 77.1 Å². The molecule has 0 aliphatic heterocycles. The Hall–Kier alpha value is -2.88. The molecule has 4 N–H and O–H groups in total. The second-order valence-electron chi connectivity index (χ2n) is 9.70. The predicted octanol–water partition coefficient (Wildman–Crippen LogP) is 5.49. The number of aromatic nitrogens is 4. The first-order valence-electron chi connectivity index (χ1n) is 11.2. The lowest BCUT2D eigenvalue weighted by atomic mass is 9.86. The fraction of sp³-hybridized carbons (Fsp3) is 0.522. The van der Waals surface area contributed by atoms with E-state index in [0.717, 1.165) is 37.8 Å². The average Bonchev–Trinajstić information content (AvgIpc) is 3.09. The summed E-state index contributed by atoms with van der Waals surface area (Å²) in [4.78, 5) is 13.8. The smallest absolute Gasteiger partial charge is 0.350 e. The van der Waals surface area contributed by atoms with Gasteiger partial charge in [0, 0.05) is 17.3 Å². The van der Waals surface area contributed by atoms with Crippen LogP contribution in [0.5, 0.6) is 0 Å². The molecule has 0 radical (unpaired) electrons. The van der Waals surface area contributed by atoms with E-state index in [1.54, 1.807) is 12.3 Å². The number of hydrogen-bond donors (Lipinski definition) is 3. The Labute approximate surface area is 191 Å². The molecule has 0 spiro atoms. The highest BCUT2D eigenvalue weighted by molar-refractivity contribution is 5.76. The Kier molecular flexibility index (Phi) is 6.22. The van der Waals surface area contributed by atoms with Gasteiger partial charge in [-0.2, -0.15) is 18.2 Å². The highest BCUT2D eigenvalue weighted by Crippen LogP contribution is 2.37. The molecule has 1 aliphatic carbocycles. The van der Waals surface area contributed by atoms with Crippen LogP contribution in [0.3, 0.4) is 0 Å². The third kappa shape index (κ3) is 5.38. The van der Waals surface area contributed by atoms with Crippen LogP contribution in [-0.2, 0) is 6.18 Å². The van der Waals surface area contributed by atoms with E-state index in [9.17, 15) is 13.2 Å². The van der Waals surface area contributed by atoms with Gasteiger partial charge in [-0.25, -0.2) is 9.97 Å². The van der Waals surface area contributed by atoms with Crippen LogP contribution < -0.4 is 16.4 Å². The summed E-state index contributed by atoms with van der Waals surface area (Å²) in [5, 5.41) is 6.38. The second kappa shape index (κ2) is 8.81. The molecule has 0 bridgehead atoms. The first-order valence-corrected chi connectivity index (χ1v) is 11.2. The zero-order chi connectivity index (χ0) is 23.8.